The minimum Gasteiger partial charge on any atom is -0.409 e. The lowest BCUT2D eigenvalue weighted by atomic mass is 9.82. The van der Waals surface area contributed by atoms with Gasteiger partial charge in [-0.2, -0.15) is 0 Å². The molecule has 0 bridgehead atoms. The van der Waals surface area contributed by atoms with E-state index in [-0.39, 0.29) is 11.3 Å². The van der Waals surface area contributed by atoms with Crippen LogP contribution in [0, 0.1) is 11.3 Å². The van der Waals surface area contributed by atoms with Gasteiger partial charge in [-0.1, -0.05) is 38.9 Å². The Morgan fingerprint density at radius 3 is 2.79 bits per heavy atom. The van der Waals surface area contributed by atoms with E-state index in [1.807, 2.05) is 12.1 Å². The Balaban J connectivity index is 2.64. The summed E-state index contributed by atoms with van der Waals surface area (Å²) in [7, 11) is 0. The number of aromatic nitrogens is 1. The van der Waals surface area contributed by atoms with Crippen LogP contribution in [0.3, 0.4) is 0 Å². The number of nitrogens with one attached hydrogen (secondary N) is 1. The third kappa shape index (κ3) is 4.52. The zero-order chi connectivity index (χ0) is 14.5. The molecular formula is C14H24N4O. The predicted octanol–water partition coefficient (Wildman–Crippen LogP) is 1.95. The van der Waals surface area contributed by atoms with Gasteiger partial charge < -0.3 is 16.3 Å². The summed E-state index contributed by atoms with van der Waals surface area (Å²) < 4.78 is 0. The fourth-order valence-electron chi connectivity index (χ4n) is 1.59. The van der Waals surface area contributed by atoms with Crippen LogP contribution < -0.4 is 11.1 Å². The lowest BCUT2D eigenvalue weighted by Gasteiger charge is -2.27. The van der Waals surface area contributed by atoms with E-state index in [0.29, 0.717) is 18.2 Å². The van der Waals surface area contributed by atoms with Crippen LogP contribution in [0.15, 0.2) is 23.5 Å². The molecule has 1 aromatic rings. The molecule has 0 saturated heterocycles. The molecule has 0 spiro atoms. The Morgan fingerprint density at radius 1 is 1.53 bits per heavy atom. The van der Waals surface area contributed by atoms with Gasteiger partial charge in [0.25, 0.3) is 0 Å². The van der Waals surface area contributed by atoms with Crippen molar-refractivity contribution in [3.05, 3.63) is 29.6 Å². The van der Waals surface area contributed by atoms with Crippen molar-refractivity contribution in [3.8, 4) is 0 Å². The van der Waals surface area contributed by atoms with Crippen molar-refractivity contribution in [1.82, 2.24) is 10.3 Å². The van der Waals surface area contributed by atoms with E-state index in [1.165, 1.54) is 0 Å². The second-order valence-corrected chi connectivity index (χ2v) is 5.89. The maximum atomic E-state index is 8.74. The van der Waals surface area contributed by atoms with Crippen LogP contribution in [-0.2, 0) is 6.54 Å². The summed E-state index contributed by atoms with van der Waals surface area (Å²) in [5, 5.41) is 15.1. The Hall–Kier alpha value is -1.62. The monoisotopic (exact) mass is 264 g/mol. The van der Waals surface area contributed by atoms with Crippen LogP contribution in [-0.4, -0.2) is 22.6 Å². The summed E-state index contributed by atoms with van der Waals surface area (Å²) in [5.41, 5.74) is 7.34. The van der Waals surface area contributed by atoms with Crippen LogP contribution in [0.4, 0.5) is 0 Å². The summed E-state index contributed by atoms with van der Waals surface area (Å²) in [6, 6.07) is 3.77. The van der Waals surface area contributed by atoms with Crippen molar-refractivity contribution in [3.63, 3.8) is 0 Å². The smallest absolute Gasteiger partial charge is 0.189 e. The molecule has 0 aliphatic rings. The first-order chi connectivity index (χ1) is 8.86. The van der Waals surface area contributed by atoms with Gasteiger partial charge >= 0.3 is 0 Å². The minimum absolute atomic E-state index is 0.0428. The SMILES string of the molecule is CC(CNCc1cccnc1/C(N)=N/O)C(C)(C)C. The minimum atomic E-state index is 0.0428. The van der Waals surface area contributed by atoms with Crippen molar-refractivity contribution < 1.29 is 5.21 Å². The topological polar surface area (TPSA) is 83.5 Å². The van der Waals surface area contributed by atoms with Crippen molar-refractivity contribution in [2.45, 2.75) is 34.2 Å². The van der Waals surface area contributed by atoms with E-state index in [9.17, 15) is 0 Å². The molecule has 0 aromatic carbocycles. The zero-order valence-corrected chi connectivity index (χ0v) is 12.1. The number of hydrogen-bond acceptors (Lipinski definition) is 4. The highest BCUT2D eigenvalue weighted by molar-refractivity contribution is 5.96. The van der Waals surface area contributed by atoms with Crippen molar-refractivity contribution in [2.75, 3.05) is 6.54 Å². The van der Waals surface area contributed by atoms with Gasteiger partial charge in [0.2, 0.25) is 0 Å². The van der Waals surface area contributed by atoms with Gasteiger partial charge in [0.05, 0.1) is 0 Å². The van der Waals surface area contributed by atoms with Gasteiger partial charge in [-0.05, 0) is 29.5 Å². The summed E-state index contributed by atoms with van der Waals surface area (Å²) in [5.74, 6) is 0.595. The standard InChI is InChI=1S/C14H24N4O/c1-10(14(2,3)4)8-16-9-11-6-5-7-17-12(11)13(15)18-19/h5-7,10,16,19H,8-9H2,1-4H3,(H2,15,18). The zero-order valence-electron chi connectivity index (χ0n) is 12.1. The average molecular weight is 264 g/mol. The van der Waals surface area contributed by atoms with Crippen LogP contribution in [0.25, 0.3) is 0 Å². The maximum Gasteiger partial charge on any atom is 0.189 e. The number of rotatable bonds is 5. The highest BCUT2D eigenvalue weighted by atomic mass is 16.4. The predicted molar refractivity (Wildman–Crippen MR) is 77.1 cm³/mol. The fourth-order valence-corrected chi connectivity index (χ4v) is 1.59. The van der Waals surface area contributed by atoms with E-state index in [1.54, 1.807) is 6.20 Å². The molecule has 106 valence electrons. The second kappa shape index (κ2) is 6.52. The molecule has 0 saturated carbocycles. The second-order valence-electron chi connectivity index (χ2n) is 5.89. The van der Waals surface area contributed by atoms with Crippen LogP contribution in [0.1, 0.15) is 39.0 Å². The Morgan fingerprint density at radius 2 is 2.21 bits per heavy atom. The largest absolute Gasteiger partial charge is 0.409 e. The highest BCUT2D eigenvalue weighted by Crippen LogP contribution is 2.24. The normalized spacial score (nSPS) is 14.4. The number of nitrogens with zero attached hydrogens (tertiary/aromatic N) is 2. The van der Waals surface area contributed by atoms with Crippen LogP contribution in [0.2, 0.25) is 0 Å². The van der Waals surface area contributed by atoms with E-state index < -0.39 is 0 Å². The third-order valence-corrected chi connectivity index (χ3v) is 3.49. The molecule has 1 heterocycles. The summed E-state index contributed by atoms with van der Waals surface area (Å²) in [6.07, 6.45) is 1.63. The number of amidine groups is 1. The van der Waals surface area contributed by atoms with Gasteiger partial charge in [0.15, 0.2) is 5.84 Å². The van der Waals surface area contributed by atoms with Gasteiger partial charge in [0.1, 0.15) is 5.69 Å². The summed E-state index contributed by atoms with van der Waals surface area (Å²) >= 11 is 0. The molecule has 19 heavy (non-hydrogen) atoms. The summed E-state index contributed by atoms with van der Waals surface area (Å²) in [4.78, 5) is 4.14. The first kappa shape index (κ1) is 15.4. The van der Waals surface area contributed by atoms with Crippen molar-refractivity contribution in [2.24, 2.45) is 22.2 Å². The fraction of sp³-hybridized carbons (Fsp3) is 0.571. The van der Waals surface area contributed by atoms with E-state index >= 15 is 0 Å². The molecule has 5 heteroatoms. The van der Waals surface area contributed by atoms with Crippen molar-refractivity contribution >= 4 is 5.84 Å². The van der Waals surface area contributed by atoms with E-state index in [0.717, 1.165) is 12.1 Å². The Kier molecular flexibility index (Phi) is 5.30. The molecule has 0 radical (unpaired) electrons. The Labute approximate surface area is 114 Å². The molecule has 0 aliphatic heterocycles. The number of hydrogen-bond donors (Lipinski definition) is 3. The molecule has 1 unspecified atom stereocenters. The van der Waals surface area contributed by atoms with Gasteiger partial charge in [-0.3, -0.25) is 4.98 Å². The lowest BCUT2D eigenvalue weighted by Crippen LogP contribution is -2.30. The quantitative estimate of drug-likeness (QED) is 0.328. The Bertz CT molecular complexity index is 437. The third-order valence-electron chi connectivity index (χ3n) is 3.49. The van der Waals surface area contributed by atoms with Crippen molar-refractivity contribution in [1.29, 1.82) is 0 Å². The average Bonchev–Trinajstić information content (AvgIpc) is 2.37. The molecule has 0 amide bonds. The molecule has 1 aromatic heterocycles. The molecule has 5 nitrogen and oxygen atoms in total. The van der Waals surface area contributed by atoms with Crippen LogP contribution >= 0.6 is 0 Å². The first-order valence-electron chi connectivity index (χ1n) is 6.48. The highest BCUT2D eigenvalue weighted by Gasteiger charge is 2.19. The number of pyridine rings is 1. The summed E-state index contributed by atoms with van der Waals surface area (Å²) in [6.45, 7) is 10.5. The first-order valence-corrected chi connectivity index (χ1v) is 6.48. The number of oxime groups is 1. The number of nitrogens with two attached hydrogens (primary N) is 1. The molecular weight excluding hydrogens is 240 g/mol. The lowest BCUT2D eigenvalue weighted by molar-refractivity contribution is 0.252. The van der Waals surface area contributed by atoms with Gasteiger partial charge in [-0.25, -0.2) is 0 Å². The molecule has 1 atom stereocenters. The van der Waals surface area contributed by atoms with Gasteiger partial charge in [-0.15, -0.1) is 0 Å². The molecule has 0 fully saturated rings. The van der Waals surface area contributed by atoms with E-state index in [2.05, 4.69) is 43.2 Å². The van der Waals surface area contributed by atoms with E-state index in [4.69, 9.17) is 10.9 Å². The van der Waals surface area contributed by atoms with Gasteiger partial charge in [0, 0.05) is 12.7 Å². The van der Waals surface area contributed by atoms with Crippen LogP contribution in [0.5, 0.6) is 0 Å². The molecule has 4 N–H and O–H groups in total. The molecule has 0 aliphatic carbocycles. The maximum absolute atomic E-state index is 8.74. The molecule has 1 rings (SSSR count).